The van der Waals surface area contributed by atoms with Crippen molar-refractivity contribution in [3.63, 3.8) is 0 Å². The van der Waals surface area contributed by atoms with Crippen molar-refractivity contribution in [2.45, 2.75) is 27.7 Å². The van der Waals surface area contributed by atoms with Gasteiger partial charge in [-0.15, -0.1) is 5.92 Å². The van der Waals surface area contributed by atoms with Gasteiger partial charge in [0, 0.05) is 11.1 Å². The minimum atomic E-state index is 0.0889. The fourth-order valence-corrected chi connectivity index (χ4v) is 0.933. The van der Waals surface area contributed by atoms with Crippen molar-refractivity contribution < 1.29 is 4.79 Å². The lowest BCUT2D eigenvalue weighted by molar-refractivity contribution is 0.101. The highest BCUT2D eigenvalue weighted by molar-refractivity contribution is 5.94. The van der Waals surface area contributed by atoms with E-state index in [2.05, 4.69) is 11.8 Å². The first-order valence-electron chi connectivity index (χ1n) is 4.78. The van der Waals surface area contributed by atoms with Crippen LogP contribution in [0.25, 0.3) is 0 Å². The van der Waals surface area contributed by atoms with E-state index in [9.17, 15) is 4.79 Å². The molecule has 0 aliphatic heterocycles. The highest BCUT2D eigenvalue weighted by atomic mass is 16.1. The summed E-state index contributed by atoms with van der Waals surface area (Å²) in [6.07, 6.45) is 0. The molecule has 0 atom stereocenters. The lowest BCUT2D eigenvalue weighted by Crippen LogP contribution is -1.90. The normalized spacial score (nSPS) is 7.71. The second-order valence-corrected chi connectivity index (χ2v) is 2.51. The molecule has 0 spiro atoms. The number of carbonyl (C=O) groups excluding carboxylic acids is 1. The van der Waals surface area contributed by atoms with E-state index in [0.717, 1.165) is 11.1 Å². The second kappa shape index (κ2) is 6.91. The van der Waals surface area contributed by atoms with Gasteiger partial charge in [-0.3, -0.25) is 4.79 Å². The molecule has 0 saturated carbocycles. The van der Waals surface area contributed by atoms with Gasteiger partial charge in [-0.25, -0.2) is 0 Å². The van der Waals surface area contributed by atoms with Crippen LogP contribution in [0.3, 0.4) is 0 Å². The Morgan fingerprint density at radius 3 is 2.00 bits per heavy atom. The molecule has 1 nitrogen and oxygen atoms in total. The number of benzene rings is 1. The van der Waals surface area contributed by atoms with E-state index >= 15 is 0 Å². The summed E-state index contributed by atoms with van der Waals surface area (Å²) in [6.45, 7) is 7.35. The molecule has 74 valence electrons. The van der Waals surface area contributed by atoms with E-state index in [4.69, 9.17) is 0 Å². The fraction of sp³-hybridized carbons (Fsp3) is 0.308. The Hall–Kier alpha value is -1.55. The number of hydrogen-bond acceptors (Lipinski definition) is 1. The van der Waals surface area contributed by atoms with Crippen molar-refractivity contribution in [2.75, 3.05) is 0 Å². The van der Waals surface area contributed by atoms with E-state index in [0.29, 0.717) is 0 Å². The zero-order chi connectivity index (χ0) is 11.0. The average Bonchev–Trinajstić information content (AvgIpc) is 2.22. The first-order chi connectivity index (χ1) is 6.74. The van der Waals surface area contributed by atoms with E-state index < -0.39 is 0 Å². The van der Waals surface area contributed by atoms with E-state index in [1.165, 1.54) is 0 Å². The first kappa shape index (κ1) is 12.4. The van der Waals surface area contributed by atoms with Crippen LogP contribution < -0.4 is 0 Å². The molecule has 1 rings (SSSR count). The van der Waals surface area contributed by atoms with Crippen LogP contribution in [0.15, 0.2) is 24.3 Å². The van der Waals surface area contributed by atoms with E-state index in [1.807, 2.05) is 26.0 Å². The van der Waals surface area contributed by atoms with Crippen molar-refractivity contribution in [1.29, 1.82) is 0 Å². The molecule has 1 aromatic carbocycles. The minimum Gasteiger partial charge on any atom is -0.295 e. The van der Waals surface area contributed by atoms with Crippen LogP contribution in [0.4, 0.5) is 0 Å². The van der Waals surface area contributed by atoms with Crippen LogP contribution in [0.5, 0.6) is 0 Å². The molecule has 0 saturated heterocycles. The topological polar surface area (TPSA) is 17.1 Å². The summed E-state index contributed by atoms with van der Waals surface area (Å²) in [5, 5.41) is 0. The van der Waals surface area contributed by atoms with Crippen LogP contribution in [-0.4, -0.2) is 5.78 Å². The van der Waals surface area contributed by atoms with Crippen molar-refractivity contribution in [2.24, 2.45) is 0 Å². The molecule has 0 fully saturated rings. The summed E-state index contributed by atoms with van der Waals surface area (Å²) in [5.41, 5.74) is 1.68. The van der Waals surface area contributed by atoms with Gasteiger partial charge >= 0.3 is 0 Å². The number of ketones is 1. The molecular formula is C13H16O. The molecule has 0 aliphatic carbocycles. The molecule has 0 aliphatic rings. The summed E-state index contributed by atoms with van der Waals surface area (Å²) < 4.78 is 0. The molecule has 0 unspecified atom stereocenters. The van der Waals surface area contributed by atoms with Crippen molar-refractivity contribution in [3.05, 3.63) is 35.4 Å². The highest BCUT2D eigenvalue weighted by Gasteiger charge is 1.96. The van der Waals surface area contributed by atoms with Gasteiger partial charge in [0.05, 0.1) is 0 Å². The van der Waals surface area contributed by atoms with Gasteiger partial charge in [0.25, 0.3) is 0 Å². The molecule has 1 heteroatoms. The largest absolute Gasteiger partial charge is 0.295 e. The van der Waals surface area contributed by atoms with Crippen LogP contribution in [0.1, 0.15) is 43.6 Å². The third-order valence-electron chi connectivity index (χ3n) is 1.56. The third-order valence-corrected chi connectivity index (χ3v) is 1.56. The Morgan fingerprint density at radius 2 is 1.64 bits per heavy atom. The smallest absolute Gasteiger partial charge is 0.159 e. The average molecular weight is 188 g/mol. The Balaban J connectivity index is 0.000000791. The van der Waals surface area contributed by atoms with Gasteiger partial charge < -0.3 is 0 Å². The van der Waals surface area contributed by atoms with Gasteiger partial charge in [-0.05, 0) is 26.0 Å². The highest BCUT2D eigenvalue weighted by Crippen LogP contribution is 2.03. The molecule has 14 heavy (non-hydrogen) atoms. The molecule has 0 bridgehead atoms. The molecule has 0 radical (unpaired) electrons. The van der Waals surface area contributed by atoms with Gasteiger partial charge in [0.1, 0.15) is 0 Å². The van der Waals surface area contributed by atoms with Crippen LogP contribution in [0.2, 0.25) is 0 Å². The number of carbonyl (C=O) groups is 1. The van der Waals surface area contributed by atoms with Gasteiger partial charge in [0.2, 0.25) is 0 Å². The standard InChI is InChI=1S/C11H10O.C2H6/c1-3-4-10-5-7-11(8-6-10)9(2)12;1-2/h5-8H,1-2H3;1-2H3. The Kier molecular flexibility index (Phi) is 6.15. The maximum Gasteiger partial charge on any atom is 0.159 e. The van der Waals surface area contributed by atoms with Gasteiger partial charge in [-0.1, -0.05) is 31.9 Å². The van der Waals surface area contributed by atoms with Crippen molar-refractivity contribution >= 4 is 5.78 Å². The lowest BCUT2D eigenvalue weighted by Gasteiger charge is -1.93. The SMILES string of the molecule is CC.CC#Cc1ccc(C(C)=O)cc1. The fourth-order valence-electron chi connectivity index (χ4n) is 0.933. The summed E-state index contributed by atoms with van der Waals surface area (Å²) in [4.78, 5) is 10.9. The number of Topliss-reactive ketones (excluding diaryl/α,β-unsaturated/α-hetero) is 1. The Bertz CT molecular complexity index is 336. The maximum atomic E-state index is 10.9. The summed E-state index contributed by atoms with van der Waals surface area (Å²) in [7, 11) is 0. The molecule has 0 amide bonds. The van der Waals surface area contributed by atoms with Crippen molar-refractivity contribution in [1.82, 2.24) is 0 Å². The lowest BCUT2D eigenvalue weighted by atomic mass is 10.1. The number of hydrogen-bond donors (Lipinski definition) is 0. The third kappa shape index (κ3) is 3.91. The molecule has 0 heterocycles. The number of rotatable bonds is 1. The first-order valence-corrected chi connectivity index (χ1v) is 4.78. The maximum absolute atomic E-state index is 10.9. The van der Waals surface area contributed by atoms with E-state index in [-0.39, 0.29) is 5.78 Å². The van der Waals surface area contributed by atoms with Crippen molar-refractivity contribution in [3.8, 4) is 11.8 Å². The Labute approximate surface area is 86.2 Å². The summed E-state index contributed by atoms with van der Waals surface area (Å²) in [6, 6.07) is 7.30. The minimum absolute atomic E-state index is 0.0889. The van der Waals surface area contributed by atoms with Gasteiger partial charge in [0.15, 0.2) is 5.78 Å². The molecule has 1 aromatic rings. The van der Waals surface area contributed by atoms with E-state index in [1.54, 1.807) is 26.0 Å². The van der Waals surface area contributed by atoms with Crippen LogP contribution in [-0.2, 0) is 0 Å². The zero-order valence-corrected chi connectivity index (χ0v) is 9.22. The predicted molar refractivity (Wildman–Crippen MR) is 60.3 cm³/mol. The monoisotopic (exact) mass is 188 g/mol. The second-order valence-electron chi connectivity index (χ2n) is 2.51. The predicted octanol–water partition coefficient (Wildman–Crippen LogP) is 3.29. The summed E-state index contributed by atoms with van der Waals surface area (Å²) in [5.74, 6) is 5.80. The molecule has 0 aromatic heterocycles. The Morgan fingerprint density at radius 1 is 1.14 bits per heavy atom. The zero-order valence-electron chi connectivity index (χ0n) is 9.22. The van der Waals surface area contributed by atoms with Crippen LogP contribution in [0, 0.1) is 11.8 Å². The van der Waals surface area contributed by atoms with Crippen LogP contribution >= 0.6 is 0 Å². The van der Waals surface area contributed by atoms with Gasteiger partial charge in [-0.2, -0.15) is 0 Å². The quantitative estimate of drug-likeness (QED) is 0.488. The molecule has 0 N–H and O–H groups in total. The summed E-state index contributed by atoms with van der Waals surface area (Å²) >= 11 is 0. The molecular weight excluding hydrogens is 172 g/mol.